The standard InChI is InChI=1S/C12H18N2O/c1-9-6-7-11(10(2)8-9)4-3-5-12(15)14-13/h6-8H,3-5,13H2,1-2H3,(H,14,15). The molecule has 0 unspecified atom stereocenters. The van der Waals surface area contributed by atoms with Gasteiger partial charge in [0, 0.05) is 6.42 Å². The van der Waals surface area contributed by atoms with Crippen molar-refractivity contribution < 1.29 is 4.79 Å². The molecule has 0 saturated carbocycles. The molecule has 0 aliphatic rings. The van der Waals surface area contributed by atoms with Gasteiger partial charge in [0.15, 0.2) is 0 Å². The largest absolute Gasteiger partial charge is 0.294 e. The fourth-order valence-electron chi connectivity index (χ4n) is 1.64. The molecule has 15 heavy (non-hydrogen) atoms. The molecule has 0 radical (unpaired) electrons. The van der Waals surface area contributed by atoms with Gasteiger partial charge in [0.2, 0.25) is 5.91 Å². The summed E-state index contributed by atoms with van der Waals surface area (Å²) in [5, 5.41) is 0. The topological polar surface area (TPSA) is 55.1 Å². The highest BCUT2D eigenvalue weighted by Gasteiger charge is 2.01. The van der Waals surface area contributed by atoms with Crippen molar-refractivity contribution in [3.63, 3.8) is 0 Å². The Kier molecular flexibility index (Phi) is 4.31. The van der Waals surface area contributed by atoms with Gasteiger partial charge in [-0.1, -0.05) is 23.8 Å². The number of carbonyl (C=O) groups is 1. The summed E-state index contributed by atoms with van der Waals surface area (Å²) in [6.07, 6.45) is 2.26. The Morgan fingerprint density at radius 1 is 1.40 bits per heavy atom. The first-order valence-corrected chi connectivity index (χ1v) is 5.19. The Morgan fingerprint density at radius 2 is 2.13 bits per heavy atom. The Hall–Kier alpha value is -1.35. The number of nitrogens with one attached hydrogen (secondary N) is 1. The summed E-state index contributed by atoms with van der Waals surface area (Å²) in [6.45, 7) is 4.18. The third-order valence-electron chi connectivity index (χ3n) is 2.51. The molecule has 1 aromatic rings. The van der Waals surface area contributed by atoms with Gasteiger partial charge >= 0.3 is 0 Å². The zero-order valence-corrected chi connectivity index (χ0v) is 9.34. The average molecular weight is 206 g/mol. The first kappa shape index (κ1) is 11.7. The van der Waals surface area contributed by atoms with Crippen molar-refractivity contribution in [2.75, 3.05) is 0 Å². The average Bonchev–Trinajstić information content (AvgIpc) is 2.21. The van der Waals surface area contributed by atoms with Crippen LogP contribution in [0.1, 0.15) is 29.5 Å². The smallest absolute Gasteiger partial charge is 0.233 e. The molecule has 1 rings (SSSR count). The number of rotatable bonds is 4. The van der Waals surface area contributed by atoms with E-state index in [1.165, 1.54) is 16.7 Å². The number of hydrogen-bond acceptors (Lipinski definition) is 2. The Morgan fingerprint density at radius 3 is 2.73 bits per heavy atom. The van der Waals surface area contributed by atoms with Gasteiger partial charge in [-0.25, -0.2) is 5.84 Å². The van der Waals surface area contributed by atoms with E-state index in [4.69, 9.17) is 5.84 Å². The fourth-order valence-corrected chi connectivity index (χ4v) is 1.64. The maximum absolute atomic E-state index is 10.9. The summed E-state index contributed by atoms with van der Waals surface area (Å²) < 4.78 is 0. The van der Waals surface area contributed by atoms with Gasteiger partial charge in [0.25, 0.3) is 0 Å². The van der Waals surface area contributed by atoms with Crippen LogP contribution in [0.25, 0.3) is 0 Å². The molecule has 0 spiro atoms. The molecule has 1 aromatic carbocycles. The molecule has 82 valence electrons. The number of aryl methyl sites for hydroxylation is 3. The van der Waals surface area contributed by atoms with E-state index in [2.05, 4.69) is 37.5 Å². The van der Waals surface area contributed by atoms with Gasteiger partial charge in [-0.05, 0) is 37.8 Å². The highest BCUT2D eigenvalue weighted by atomic mass is 16.2. The van der Waals surface area contributed by atoms with Gasteiger partial charge in [-0.2, -0.15) is 0 Å². The van der Waals surface area contributed by atoms with Crippen molar-refractivity contribution in [2.45, 2.75) is 33.1 Å². The van der Waals surface area contributed by atoms with Crippen molar-refractivity contribution >= 4 is 5.91 Å². The molecule has 0 fully saturated rings. The molecule has 0 aliphatic heterocycles. The zero-order chi connectivity index (χ0) is 11.3. The second-order valence-corrected chi connectivity index (χ2v) is 3.85. The lowest BCUT2D eigenvalue weighted by Crippen LogP contribution is -2.29. The second-order valence-electron chi connectivity index (χ2n) is 3.85. The lowest BCUT2D eigenvalue weighted by atomic mass is 10.0. The summed E-state index contributed by atoms with van der Waals surface area (Å²) in [4.78, 5) is 10.9. The van der Waals surface area contributed by atoms with Gasteiger partial charge in [0.05, 0.1) is 0 Å². The van der Waals surface area contributed by atoms with E-state index in [1.54, 1.807) is 0 Å². The fraction of sp³-hybridized carbons (Fsp3) is 0.417. The van der Waals surface area contributed by atoms with Crippen LogP contribution < -0.4 is 11.3 Å². The van der Waals surface area contributed by atoms with E-state index >= 15 is 0 Å². The molecule has 3 nitrogen and oxygen atoms in total. The minimum absolute atomic E-state index is 0.0974. The number of hydrazine groups is 1. The van der Waals surface area contributed by atoms with Crippen molar-refractivity contribution in [1.82, 2.24) is 5.43 Å². The minimum Gasteiger partial charge on any atom is -0.294 e. The third kappa shape index (κ3) is 3.72. The summed E-state index contributed by atoms with van der Waals surface area (Å²) in [6, 6.07) is 6.40. The van der Waals surface area contributed by atoms with Crippen LogP contribution >= 0.6 is 0 Å². The summed E-state index contributed by atoms with van der Waals surface area (Å²) in [7, 11) is 0. The van der Waals surface area contributed by atoms with Crippen molar-refractivity contribution in [1.29, 1.82) is 0 Å². The van der Waals surface area contributed by atoms with Crippen LogP contribution in [0.5, 0.6) is 0 Å². The Balaban J connectivity index is 2.47. The number of carbonyl (C=O) groups excluding carboxylic acids is 1. The van der Waals surface area contributed by atoms with E-state index in [0.717, 1.165) is 12.8 Å². The molecule has 3 N–H and O–H groups in total. The van der Waals surface area contributed by atoms with E-state index in [0.29, 0.717) is 6.42 Å². The number of nitrogens with two attached hydrogens (primary N) is 1. The summed E-state index contributed by atoms with van der Waals surface area (Å²) >= 11 is 0. The SMILES string of the molecule is Cc1ccc(CCCC(=O)NN)c(C)c1. The van der Waals surface area contributed by atoms with Crippen molar-refractivity contribution in [2.24, 2.45) is 5.84 Å². The first-order chi connectivity index (χ1) is 7.13. The monoisotopic (exact) mass is 206 g/mol. The normalized spacial score (nSPS) is 10.1. The summed E-state index contributed by atoms with van der Waals surface area (Å²) in [5.41, 5.74) is 6.02. The number of hydrogen-bond donors (Lipinski definition) is 2. The van der Waals surface area contributed by atoms with Crippen molar-refractivity contribution in [3.05, 3.63) is 34.9 Å². The molecule has 3 heteroatoms. The quantitative estimate of drug-likeness (QED) is 0.447. The third-order valence-corrected chi connectivity index (χ3v) is 2.51. The van der Waals surface area contributed by atoms with E-state index < -0.39 is 0 Å². The number of benzene rings is 1. The van der Waals surface area contributed by atoms with Gasteiger partial charge in [0.1, 0.15) is 0 Å². The minimum atomic E-state index is -0.0974. The highest BCUT2D eigenvalue weighted by Crippen LogP contribution is 2.13. The number of amides is 1. The van der Waals surface area contributed by atoms with Crippen LogP contribution in [-0.2, 0) is 11.2 Å². The van der Waals surface area contributed by atoms with Crippen LogP contribution in [0.4, 0.5) is 0 Å². The van der Waals surface area contributed by atoms with Gasteiger partial charge in [-0.15, -0.1) is 0 Å². The molecular formula is C12H18N2O. The van der Waals surface area contributed by atoms with Gasteiger partial charge in [-0.3, -0.25) is 10.2 Å². The molecule has 0 aromatic heterocycles. The highest BCUT2D eigenvalue weighted by molar-refractivity contribution is 5.75. The van der Waals surface area contributed by atoms with Gasteiger partial charge < -0.3 is 0 Å². The first-order valence-electron chi connectivity index (χ1n) is 5.19. The van der Waals surface area contributed by atoms with Crippen LogP contribution in [0.2, 0.25) is 0 Å². The second kappa shape index (κ2) is 5.51. The summed E-state index contributed by atoms with van der Waals surface area (Å²) in [5.74, 6) is 4.90. The Bertz CT molecular complexity index is 347. The van der Waals surface area contributed by atoms with Crippen LogP contribution in [-0.4, -0.2) is 5.91 Å². The zero-order valence-electron chi connectivity index (χ0n) is 9.34. The van der Waals surface area contributed by atoms with Crippen molar-refractivity contribution in [3.8, 4) is 0 Å². The molecule has 1 amide bonds. The van der Waals surface area contributed by atoms with E-state index in [1.807, 2.05) is 0 Å². The molecule has 0 atom stereocenters. The maximum atomic E-state index is 10.9. The molecule has 0 saturated heterocycles. The van der Waals surface area contributed by atoms with E-state index in [9.17, 15) is 4.79 Å². The Labute approximate surface area is 90.6 Å². The molecule has 0 heterocycles. The lowest BCUT2D eigenvalue weighted by molar-refractivity contribution is -0.121. The van der Waals surface area contributed by atoms with Crippen LogP contribution in [0.15, 0.2) is 18.2 Å². The van der Waals surface area contributed by atoms with Crippen LogP contribution in [0, 0.1) is 13.8 Å². The molecular weight excluding hydrogens is 188 g/mol. The lowest BCUT2D eigenvalue weighted by Gasteiger charge is -2.06. The van der Waals surface area contributed by atoms with Crippen LogP contribution in [0.3, 0.4) is 0 Å². The predicted octanol–water partition coefficient (Wildman–Crippen LogP) is 1.62. The predicted molar refractivity (Wildman–Crippen MR) is 61.2 cm³/mol. The molecule has 0 aliphatic carbocycles. The molecule has 0 bridgehead atoms. The maximum Gasteiger partial charge on any atom is 0.233 e. The van der Waals surface area contributed by atoms with E-state index in [-0.39, 0.29) is 5.91 Å².